The highest BCUT2D eigenvalue weighted by Gasteiger charge is 2.27. The fraction of sp³-hybridized carbons (Fsp3) is 0.500. The van der Waals surface area contributed by atoms with Crippen LogP contribution in [0.4, 0.5) is 0 Å². The van der Waals surface area contributed by atoms with Crippen molar-refractivity contribution in [3.05, 3.63) is 46.7 Å². The van der Waals surface area contributed by atoms with Crippen LogP contribution in [0.2, 0.25) is 0 Å². The molecule has 1 N–H and O–H groups in total. The topological polar surface area (TPSA) is 51.4 Å². The Kier molecular flexibility index (Phi) is 7.99. The van der Waals surface area contributed by atoms with Crippen molar-refractivity contribution in [2.24, 2.45) is 4.99 Å². The van der Waals surface area contributed by atoms with Crippen LogP contribution in [0.5, 0.6) is 0 Å². The lowest BCUT2D eigenvalue weighted by molar-refractivity contribution is 0.347. The van der Waals surface area contributed by atoms with Gasteiger partial charge in [0.05, 0.1) is 23.5 Å². The van der Waals surface area contributed by atoms with Gasteiger partial charge >= 0.3 is 0 Å². The number of hydrogen-bond donors (Lipinski definition) is 1. The van der Waals surface area contributed by atoms with Crippen molar-refractivity contribution in [3.63, 3.8) is 0 Å². The summed E-state index contributed by atoms with van der Waals surface area (Å²) in [7, 11) is 0. The fourth-order valence-electron chi connectivity index (χ4n) is 3.82. The second-order valence-electron chi connectivity index (χ2n) is 6.80. The molecule has 0 amide bonds. The van der Waals surface area contributed by atoms with Crippen LogP contribution in [-0.2, 0) is 0 Å². The molecule has 0 saturated heterocycles. The molecule has 1 heterocycles. The molecular formula is C20H26BrClN4. The Balaban J connectivity index is 0.00000243. The Hall–Kier alpha value is -1.51. The highest BCUT2D eigenvalue weighted by Crippen LogP contribution is 2.34. The van der Waals surface area contributed by atoms with E-state index in [0.717, 1.165) is 30.1 Å². The van der Waals surface area contributed by atoms with E-state index in [2.05, 4.69) is 53.6 Å². The van der Waals surface area contributed by atoms with E-state index in [1.807, 2.05) is 4.90 Å². The third-order valence-electron chi connectivity index (χ3n) is 5.23. The van der Waals surface area contributed by atoms with Gasteiger partial charge in [0.1, 0.15) is 12.4 Å². The first-order valence-corrected chi connectivity index (χ1v) is 9.48. The summed E-state index contributed by atoms with van der Waals surface area (Å²) in [5, 5.41) is 13.2. The minimum Gasteiger partial charge on any atom is -0.366 e. The van der Waals surface area contributed by atoms with Crippen LogP contribution < -0.4 is 5.32 Å². The van der Waals surface area contributed by atoms with Crippen molar-refractivity contribution in [3.8, 4) is 6.07 Å². The first-order chi connectivity index (χ1) is 12.2. The Labute approximate surface area is 171 Å². The number of aliphatic imine (C=N–C) groups is 1. The molecule has 0 bridgehead atoms. The Morgan fingerprint density at radius 2 is 1.92 bits per heavy atom. The number of benzene rings is 1. The molecule has 1 saturated carbocycles. The Morgan fingerprint density at radius 1 is 1.23 bits per heavy atom. The average Bonchev–Trinajstić information content (AvgIpc) is 2.66. The summed E-state index contributed by atoms with van der Waals surface area (Å²) in [6, 6.07) is 13.4. The molecule has 1 aliphatic heterocycles. The smallest absolute Gasteiger partial charge is 0.144 e. The molecule has 0 radical (unpaired) electrons. The normalized spacial score (nSPS) is 25.4. The lowest BCUT2D eigenvalue weighted by Crippen LogP contribution is -2.41. The summed E-state index contributed by atoms with van der Waals surface area (Å²) in [6.07, 6.45) is 7.24. The number of nitrogens with one attached hydrogen (secondary N) is 1. The van der Waals surface area contributed by atoms with Crippen LogP contribution in [0, 0.1) is 11.3 Å². The lowest BCUT2D eigenvalue weighted by atomic mass is 9.82. The van der Waals surface area contributed by atoms with Crippen molar-refractivity contribution >= 4 is 34.9 Å². The van der Waals surface area contributed by atoms with E-state index in [1.54, 1.807) is 6.34 Å². The van der Waals surface area contributed by atoms with Crippen LogP contribution in [0.15, 0.2) is 46.2 Å². The Morgan fingerprint density at radius 3 is 2.54 bits per heavy atom. The minimum atomic E-state index is 0. The van der Waals surface area contributed by atoms with Crippen LogP contribution in [0.3, 0.4) is 0 Å². The molecule has 6 heteroatoms. The zero-order valence-corrected chi connectivity index (χ0v) is 17.5. The number of hydrogen-bond acceptors (Lipinski definition) is 4. The maximum atomic E-state index is 8.94. The van der Waals surface area contributed by atoms with E-state index in [9.17, 15) is 0 Å². The van der Waals surface area contributed by atoms with Gasteiger partial charge in [-0.15, -0.1) is 17.0 Å². The maximum absolute atomic E-state index is 8.94. The monoisotopic (exact) mass is 436 g/mol. The number of nitrogens with zero attached hydrogens (tertiary/aromatic N) is 3. The van der Waals surface area contributed by atoms with E-state index in [-0.39, 0.29) is 23.0 Å². The second-order valence-corrected chi connectivity index (χ2v) is 7.21. The number of nitriles is 1. The standard InChI is InChI=1S/C20H25ClN4.BrH/c1-2-18-19(21)20(23-14-25(18)13-12-22)24-17-10-8-16(9-11-17)15-6-4-3-5-7-15;/h3-7,14,16-18,24H,2,8-11,13H2,1H3;1H. The van der Waals surface area contributed by atoms with Gasteiger partial charge in [0.25, 0.3) is 0 Å². The maximum Gasteiger partial charge on any atom is 0.144 e. The highest BCUT2D eigenvalue weighted by molar-refractivity contribution is 8.93. The molecule has 1 aliphatic carbocycles. The van der Waals surface area contributed by atoms with Crippen molar-refractivity contribution in [1.29, 1.82) is 5.26 Å². The summed E-state index contributed by atoms with van der Waals surface area (Å²) in [6.45, 7) is 2.40. The zero-order chi connectivity index (χ0) is 17.6. The van der Waals surface area contributed by atoms with Crippen LogP contribution >= 0.6 is 28.6 Å². The molecule has 1 fully saturated rings. The van der Waals surface area contributed by atoms with Gasteiger partial charge < -0.3 is 10.2 Å². The molecule has 1 unspecified atom stereocenters. The van der Waals surface area contributed by atoms with Crippen molar-refractivity contribution in [2.45, 2.75) is 57.0 Å². The fourth-order valence-corrected chi connectivity index (χ4v) is 4.20. The predicted octanol–water partition coefficient (Wildman–Crippen LogP) is 4.93. The summed E-state index contributed by atoms with van der Waals surface area (Å²) >= 11 is 6.58. The first-order valence-electron chi connectivity index (χ1n) is 9.11. The van der Waals surface area contributed by atoms with Gasteiger partial charge in [-0.3, -0.25) is 0 Å². The van der Waals surface area contributed by atoms with Crippen LogP contribution in [-0.4, -0.2) is 29.9 Å². The molecule has 1 aromatic rings. The van der Waals surface area contributed by atoms with E-state index in [1.165, 1.54) is 18.4 Å². The van der Waals surface area contributed by atoms with Gasteiger partial charge in [-0.25, -0.2) is 4.99 Å². The third kappa shape index (κ3) is 4.81. The Bertz CT molecular complexity index is 675. The van der Waals surface area contributed by atoms with Crippen molar-refractivity contribution < 1.29 is 0 Å². The van der Waals surface area contributed by atoms with Crippen molar-refractivity contribution in [2.75, 3.05) is 6.54 Å². The van der Waals surface area contributed by atoms with Gasteiger partial charge in [0.15, 0.2) is 0 Å². The quantitative estimate of drug-likeness (QED) is 0.664. The van der Waals surface area contributed by atoms with E-state index < -0.39 is 0 Å². The molecule has 1 atom stereocenters. The number of rotatable bonds is 5. The predicted molar refractivity (Wildman–Crippen MR) is 113 cm³/mol. The molecule has 1 aromatic carbocycles. The molecule has 0 aromatic heterocycles. The van der Waals surface area contributed by atoms with Gasteiger partial charge in [-0.1, -0.05) is 48.9 Å². The summed E-state index contributed by atoms with van der Waals surface area (Å²) in [5.41, 5.74) is 1.45. The largest absolute Gasteiger partial charge is 0.366 e. The minimum absolute atomic E-state index is 0. The molecule has 4 nitrogen and oxygen atoms in total. The summed E-state index contributed by atoms with van der Waals surface area (Å²) in [5.74, 6) is 1.44. The van der Waals surface area contributed by atoms with Gasteiger partial charge in [0, 0.05) is 6.04 Å². The number of halogens is 2. The molecule has 140 valence electrons. The van der Waals surface area contributed by atoms with E-state index in [0.29, 0.717) is 18.5 Å². The van der Waals surface area contributed by atoms with Crippen molar-refractivity contribution in [1.82, 2.24) is 10.2 Å². The second kappa shape index (κ2) is 9.99. The van der Waals surface area contributed by atoms with Gasteiger partial charge in [0.2, 0.25) is 0 Å². The summed E-state index contributed by atoms with van der Waals surface area (Å²) < 4.78 is 0. The van der Waals surface area contributed by atoms with Gasteiger partial charge in [-0.2, -0.15) is 5.26 Å². The van der Waals surface area contributed by atoms with Crippen LogP contribution in [0.25, 0.3) is 0 Å². The molecule has 0 spiro atoms. The third-order valence-corrected chi connectivity index (χ3v) is 5.66. The molecular weight excluding hydrogens is 412 g/mol. The average molecular weight is 438 g/mol. The highest BCUT2D eigenvalue weighted by atomic mass is 79.9. The van der Waals surface area contributed by atoms with Crippen LogP contribution in [0.1, 0.15) is 50.5 Å². The molecule has 3 rings (SSSR count). The zero-order valence-electron chi connectivity index (χ0n) is 15.1. The SMILES string of the molecule is Br.CCC1C(Cl)=C(NC2CCC(c3ccccc3)CC2)N=CN1CC#N. The van der Waals surface area contributed by atoms with E-state index >= 15 is 0 Å². The van der Waals surface area contributed by atoms with E-state index in [4.69, 9.17) is 16.9 Å². The summed E-state index contributed by atoms with van der Waals surface area (Å²) in [4.78, 5) is 6.37. The molecule has 2 aliphatic rings. The van der Waals surface area contributed by atoms with Gasteiger partial charge in [-0.05, 0) is 43.6 Å². The lowest BCUT2D eigenvalue weighted by Gasteiger charge is -2.34. The molecule has 26 heavy (non-hydrogen) atoms. The first kappa shape index (κ1) is 20.8.